The summed E-state index contributed by atoms with van der Waals surface area (Å²) in [5, 5.41) is 9.42. The Morgan fingerprint density at radius 3 is 2.70 bits per heavy atom. The van der Waals surface area contributed by atoms with Crippen LogP contribution in [0.5, 0.6) is 5.75 Å². The van der Waals surface area contributed by atoms with Gasteiger partial charge >= 0.3 is 0 Å². The van der Waals surface area contributed by atoms with Gasteiger partial charge in [0.05, 0.1) is 0 Å². The van der Waals surface area contributed by atoms with Gasteiger partial charge in [0.15, 0.2) is 0 Å². The van der Waals surface area contributed by atoms with Crippen LogP contribution in [0.15, 0.2) is 30.3 Å². The van der Waals surface area contributed by atoms with Crippen molar-refractivity contribution in [1.29, 1.82) is 0 Å². The maximum atomic E-state index is 13.1. The van der Waals surface area contributed by atoms with Crippen molar-refractivity contribution in [2.75, 3.05) is 12.3 Å². The minimum Gasteiger partial charge on any atom is -0.508 e. The van der Waals surface area contributed by atoms with Gasteiger partial charge in [-0.15, -0.1) is 0 Å². The van der Waals surface area contributed by atoms with Crippen molar-refractivity contribution in [2.24, 2.45) is 0 Å². The van der Waals surface area contributed by atoms with Crippen molar-refractivity contribution in [3.63, 3.8) is 0 Å². The van der Waals surface area contributed by atoms with E-state index in [2.05, 4.69) is 9.97 Å². The monoisotopic (exact) mass is 368 g/mol. The predicted octanol–water partition coefficient (Wildman–Crippen LogP) is 3.52. The number of amides is 1. The fraction of sp³-hybridized carbons (Fsp3) is 0.476. The Morgan fingerprint density at radius 1 is 1.26 bits per heavy atom. The molecule has 1 fully saturated rings. The van der Waals surface area contributed by atoms with Crippen LogP contribution in [0.25, 0.3) is 0 Å². The highest BCUT2D eigenvalue weighted by Gasteiger charge is 2.28. The highest BCUT2D eigenvalue weighted by Crippen LogP contribution is 2.24. The number of anilines is 1. The Bertz CT molecular complexity index is 789. The van der Waals surface area contributed by atoms with Crippen LogP contribution in [-0.2, 0) is 6.42 Å². The summed E-state index contributed by atoms with van der Waals surface area (Å²) in [6.45, 7) is 4.80. The summed E-state index contributed by atoms with van der Waals surface area (Å²) < 4.78 is 0. The molecule has 1 saturated heterocycles. The van der Waals surface area contributed by atoms with Gasteiger partial charge in [0.1, 0.15) is 11.4 Å². The van der Waals surface area contributed by atoms with Crippen molar-refractivity contribution in [3.05, 3.63) is 47.3 Å². The molecule has 0 aliphatic carbocycles. The number of piperidine rings is 1. The highest BCUT2D eigenvalue weighted by molar-refractivity contribution is 5.93. The van der Waals surface area contributed by atoms with E-state index in [1.165, 1.54) is 5.56 Å². The molecular formula is C21H28N4O2. The third kappa shape index (κ3) is 4.76. The lowest BCUT2D eigenvalue weighted by Gasteiger charge is -2.36. The van der Waals surface area contributed by atoms with E-state index in [1.54, 1.807) is 18.2 Å². The SMILES string of the molecule is CC(C)c1cc(C(=O)N2CCCC[C@H]2CCc2ccc(O)cc2)nc(N)n1. The molecule has 3 rings (SSSR count). The van der Waals surface area contributed by atoms with Crippen LogP contribution in [0, 0.1) is 0 Å². The fourth-order valence-corrected chi connectivity index (χ4v) is 3.60. The lowest BCUT2D eigenvalue weighted by Crippen LogP contribution is -2.44. The van der Waals surface area contributed by atoms with E-state index in [9.17, 15) is 9.90 Å². The normalized spacial score (nSPS) is 17.3. The third-order valence-corrected chi connectivity index (χ3v) is 5.16. The highest BCUT2D eigenvalue weighted by atomic mass is 16.3. The number of hydrogen-bond acceptors (Lipinski definition) is 5. The summed E-state index contributed by atoms with van der Waals surface area (Å²) in [4.78, 5) is 23.5. The van der Waals surface area contributed by atoms with Crippen LogP contribution in [-0.4, -0.2) is 38.5 Å². The molecule has 0 spiro atoms. The first-order valence-corrected chi connectivity index (χ1v) is 9.67. The molecule has 0 bridgehead atoms. The van der Waals surface area contributed by atoms with Crippen molar-refractivity contribution in [3.8, 4) is 5.75 Å². The van der Waals surface area contributed by atoms with Gasteiger partial charge in [0, 0.05) is 18.3 Å². The molecule has 2 heterocycles. The van der Waals surface area contributed by atoms with Crippen molar-refractivity contribution < 1.29 is 9.90 Å². The number of phenols is 1. The molecule has 1 atom stereocenters. The molecule has 144 valence electrons. The summed E-state index contributed by atoms with van der Waals surface area (Å²) in [5.74, 6) is 0.563. The zero-order valence-electron chi connectivity index (χ0n) is 16.1. The fourth-order valence-electron chi connectivity index (χ4n) is 3.60. The van der Waals surface area contributed by atoms with Crippen molar-refractivity contribution >= 4 is 11.9 Å². The summed E-state index contributed by atoms with van der Waals surface area (Å²) in [7, 11) is 0. The first-order chi connectivity index (χ1) is 12.9. The number of nitrogens with two attached hydrogens (primary N) is 1. The Labute approximate surface area is 160 Å². The average Bonchev–Trinajstić information content (AvgIpc) is 2.66. The molecule has 6 nitrogen and oxygen atoms in total. The molecule has 1 amide bonds. The minimum absolute atomic E-state index is 0.0543. The number of rotatable bonds is 5. The van der Waals surface area contributed by atoms with E-state index in [1.807, 2.05) is 30.9 Å². The van der Waals surface area contributed by atoms with Gasteiger partial charge in [0.2, 0.25) is 5.95 Å². The lowest BCUT2D eigenvalue weighted by atomic mass is 9.95. The van der Waals surface area contributed by atoms with Gasteiger partial charge < -0.3 is 15.7 Å². The van der Waals surface area contributed by atoms with E-state index in [0.717, 1.165) is 44.3 Å². The second-order valence-corrected chi connectivity index (χ2v) is 7.54. The Kier molecular flexibility index (Phi) is 5.94. The number of aromatic hydroxyl groups is 1. The molecule has 2 aromatic rings. The third-order valence-electron chi connectivity index (χ3n) is 5.16. The number of nitrogens with zero attached hydrogens (tertiary/aromatic N) is 3. The van der Waals surface area contributed by atoms with E-state index < -0.39 is 0 Å². The Balaban J connectivity index is 1.74. The largest absolute Gasteiger partial charge is 0.508 e. The molecule has 0 saturated carbocycles. The summed E-state index contributed by atoms with van der Waals surface area (Å²) >= 11 is 0. The quantitative estimate of drug-likeness (QED) is 0.842. The maximum Gasteiger partial charge on any atom is 0.272 e. The Hall–Kier alpha value is -2.63. The lowest BCUT2D eigenvalue weighted by molar-refractivity contribution is 0.0595. The number of likely N-dealkylation sites (tertiary alicyclic amines) is 1. The molecule has 6 heteroatoms. The van der Waals surface area contributed by atoms with E-state index in [-0.39, 0.29) is 29.6 Å². The summed E-state index contributed by atoms with van der Waals surface area (Å²) in [5.41, 5.74) is 8.18. The number of aromatic nitrogens is 2. The number of benzene rings is 1. The smallest absolute Gasteiger partial charge is 0.272 e. The number of aryl methyl sites for hydroxylation is 1. The molecule has 0 unspecified atom stereocenters. The second-order valence-electron chi connectivity index (χ2n) is 7.54. The van der Waals surface area contributed by atoms with Crippen LogP contribution >= 0.6 is 0 Å². The van der Waals surface area contributed by atoms with E-state index >= 15 is 0 Å². The van der Waals surface area contributed by atoms with Crippen molar-refractivity contribution in [1.82, 2.24) is 14.9 Å². The molecule has 1 aromatic carbocycles. The zero-order valence-corrected chi connectivity index (χ0v) is 16.1. The number of carbonyl (C=O) groups excluding carboxylic acids is 1. The van der Waals surface area contributed by atoms with Gasteiger partial charge in [-0.3, -0.25) is 4.79 Å². The van der Waals surface area contributed by atoms with Crippen LogP contribution in [0.2, 0.25) is 0 Å². The molecule has 1 aliphatic rings. The number of nitrogen functional groups attached to an aromatic ring is 1. The van der Waals surface area contributed by atoms with Gasteiger partial charge in [-0.1, -0.05) is 26.0 Å². The topological polar surface area (TPSA) is 92.3 Å². The molecule has 1 aliphatic heterocycles. The van der Waals surface area contributed by atoms with Crippen LogP contribution in [0.4, 0.5) is 5.95 Å². The van der Waals surface area contributed by atoms with Gasteiger partial charge in [-0.05, 0) is 61.8 Å². The first kappa shape index (κ1) is 19.1. The van der Waals surface area contributed by atoms with E-state index in [4.69, 9.17) is 5.73 Å². The van der Waals surface area contributed by atoms with Crippen molar-refractivity contribution in [2.45, 2.75) is 57.9 Å². The van der Waals surface area contributed by atoms with Gasteiger partial charge in [0.25, 0.3) is 5.91 Å². The molecule has 3 N–H and O–H groups in total. The summed E-state index contributed by atoms with van der Waals surface area (Å²) in [6.07, 6.45) is 4.92. The number of hydrogen-bond donors (Lipinski definition) is 2. The number of phenolic OH excluding ortho intramolecular Hbond substituents is 1. The first-order valence-electron chi connectivity index (χ1n) is 9.67. The summed E-state index contributed by atoms with van der Waals surface area (Å²) in [6, 6.07) is 9.25. The zero-order chi connectivity index (χ0) is 19.4. The van der Waals surface area contributed by atoms with Crippen LogP contribution in [0.3, 0.4) is 0 Å². The second kappa shape index (κ2) is 8.37. The Morgan fingerprint density at radius 2 is 2.00 bits per heavy atom. The minimum atomic E-state index is -0.0543. The molecule has 1 aromatic heterocycles. The van der Waals surface area contributed by atoms with Gasteiger partial charge in [-0.25, -0.2) is 9.97 Å². The average molecular weight is 368 g/mol. The van der Waals surface area contributed by atoms with Gasteiger partial charge in [-0.2, -0.15) is 0 Å². The number of carbonyl (C=O) groups is 1. The van der Waals surface area contributed by atoms with E-state index in [0.29, 0.717) is 5.69 Å². The predicted molar refractivity (Wildman–Crippen MR) is 106 cm³/mol. The maximum absolute atomic E-state index is 13.1. The molecule has 27 heavy (non-hydrogen) atoms. The van der Waals surface area contributed by atoms with Crippen LogP contribution in [0.1, 0.15) is 67.2 Å². The van der Waals surface area contributed by atoms with Crippen LogP contribution < -0.4 is 5.73 Å². The standard InChI is InChI=1S/C21H28N4O2/c1-14(2)18-13-19(24-21(22)23-18)20(27)25-12-4-3-5-16(25)9-6-15-7-10-17(26)11-8-15/h7-8,10-11,13-14,16,26H,3-6,9,12H2,1-2H3,(H2,22,23,24)/t16-/m0/s1. The molecular weight excluding hydrogens is 340 g/mol. The molecule has 0 radical (unpaired) electrons.